The van der Waals surface area contributed by atoms with Crippen LogP contribution in [-0.4, -0.2) is 10.9 Å². The van der Waals surface area contributed by atoms with Gasteiger partial charge in [0.2, 0.25) is 0 Å². The summed E-state index contributed by atoms with van der Waals surface area (Å²) in [5.74, 6) is 0.256. The van der Waals surface area contributed by atoms with Crippen LogP contribution in [0.2, 0.25) is 0 Å². The third-order valence-electron chi connectivity index (χ3n) is 2.94. The van der Waals surface area contributed by atoms with Crippen LogP contribution in [0.15, 0.2) is 30.3 Å². The van der Waals surface area contributed by atoms with Gasteiger partial charge in [-0.3, -0.25) is 4.79 Å². The number of nitrogen functional groups attached to an aromatic ring is 2. The number of amides is 1. The molecule has 1 aromatic carbocycles. The first-order valence-electron chi connectivity index (χ1n) is 5.88. The minimum atomic E-state index is -0.262. The number of carbonyl (C=O) groups is 1. The molecule has 0 aliphatic rings. The summed E-state index contributed by atoms with van der Waals surface area (Å²) in [6.07, 6.45) is 0. The minimum absolute atomic E-state index is 0.262. The third kappa shape index (κ3) is 2.82. The molecule has 0 unspecified atom stereocenters. The van der Waals surface area contributed by atoms with Crippen molar-refractivity contribution in [1.29, 1.82) is 0 Å². The van der Waals surface area contributed by atoms with Crippen LogP contribution < -0.4 is 16.8 Å². The summed E-state index contributed by atoms with van der Waals surface area (Å²) >= 11 is 0. The highest BCUT2D eigenvalue weighted by atomic mass is 16.1. The Labute approximate surface area is 111 Å². The number of rotatable bonds is 2. The summed E-state index contributed by atoms with van der Waals surface area (Å²) in [7, 11) is 0. The first-order valence-corrected chi connectivity index (χ1v) is 5.88. The van der Waals surface area contributed by atoms with Gasteiger partial charge in [-0.2, -0.15) is 0 Å². The Balaban J connectivity index is 2.20. The van der Waals surface area contributed by atoms with Gasteiger partial charge in [0.1, 0.15) is 5.82 Å². The van der Waals surface area contributed by atoms with Gasteiger partial charge in [0.25, 0.3) is 5.91 Å². The fourth-order valence-electron chi connectivity index (χ4n) is 1.60. The molecule has 2 rings (SSSR count). The van der Waals surface area contributed by atoms with Crippen molar-refractivity contribution in [3.8, 4) is 0 Å². The first-order chi connectivity index (χ1) is 8.97. The third-order valence-corrected chi connectivity index (χ3v) is 2.94. The van der Waals surface area contributed by atoms with E-state index in [-0.39, 0.29) is 5.91 Å². The van der Waals surface area contributed by atoms with E-state index >= 15 is 0 Å². The highest BCUT2D eigenvalue weighted by Gasteiger charge is 2.08. The van der Waals surface area contributed by atoms with E-state index in [1.54, 1.807) is 24.3 Å². The fourth-order valence-corrected chi connectivity index (χ4v) is 1.60. The molecule has 0 saturated carbocycles. The van der Waals surface area contributed by atoms with Crippen LogP contribution in [0.1, 0.15) is 21.6 Å². The molecule has 0 bridgehead atoms. The summed E-state index contributed by atoms with van der Waals surface area (Å²) in [5, 5.41) is 2.73. The molecular weight excluding hydrogens is 240 g/mol. The Morgan fingerprint density at radius 3 is 2.47 bits per heavy atom. The van der Waals surface area contributed by atoms with Gasteiger partial charge < -0.3 is 16.8 Å². The molecule has 5 heteroatoms. The van der Waals surface area contributed by atoms with E-state index in [1.807, 2.05) is 19.9 Å². The van der Waals surface area contributed by atoms with Crippen molar-refractivity contribution in [2.24, 2.45) is 0 Å². The number of aryl methyl sites for hydroxylation is 2. The molecule has 1 heterocycles. The average molecular weight is 256 g/mol. The second kappa shape index (κ2) is 4.97. The van der Waals surface area contributed by atoms with Gasteiger partial charge >= 0.3 is 0 Å². The lowest BCUT2D eigenvalue weighted by Crippen LogP contribution is -2.14. The predicted octanol–water partition coefficient (Wildman–Crippen LogP) is 2.12. The maximum absolute atomic E-state index is 12.0. The number of carbonyl (C=O) groups excluding carboxylic acids is 1. The van der Waals surface area contributed by atoms with Crippen LogP contribution in [0.25, 0.3) is 0 Å². The lowest BCUT2D eigenvalue weighted by molar-refractivity contribution is 0.102. The second-order valence-electron chi connectivity index (χ2n) is 4.40. The van der Waals surface area contributed by atoms with Crippen LogP contribution in [-0.2, 0) is 0 Å². The molecule has 19 heavy (non-hydrogen) atoms. The number of nitrogens with zero attached hydrogens (tertiary/aromatic N) is 1. The van der Waals surface area contributed by atoms with Gasteiger partial charge in [0.05, 0.1) is 11.4 Å². The van der Waals surface area contributed by atoms with E-state index in [4.69, 9.17) is 11.5 Å². The first kappa shape index (κ1) is 12.9. The van der Waals surface area contributed by atoms with E-state index in [9.17, 15) is 4.79 Å². The fraction of sp³-hybridized carbons (Fsp3) is 0.143. The number of anilines is 3. The van der Waals surface area contributed by atoms with Gasteiger partial charge in [-0.25, -0.2) is 4.98 Å². The van der Waals surface area contributed by atoms with Crippen LogP contribution in [0.3, 0.4) is 0 Å². The Bertz CT molecular complexity index is 637. The van der Waals surface area contributed by atoms with Gasteiger partial charge in [-0.1, -0.05) is 6.07 Å². The number of pyridine rings is 1. The van der Waals surface area contributed by atoms with Crippen molar-refractivity contribution in [3.63, 3.8) is 0 Å². The van der Waals surface area contributed by atoms with E-state index in [2.05, 4.69) is 10.3 Å². The molecule has 1 aromatic heterocycles. The van der Waals surface area contributed by atoms with E-state index in [1.165, 1.54) is 0 Å². The summed E-state index contributed by atoms with van der Waals surface area (Å²) < 4.78 is 0. The molecule has 0 spiro atoms. The minimum Gasteiger partial charge on any atom is -0.397 e. The van der Waals surface area contributed by atoms with Crippen molar-refractivity contribution in [3.05, 3.63) is 47.2 Å². The lowest BCUT2D eigenvalue weighted by Gasteiger charge is -2.08. The quantitative estimate of drug-likeness (QED) is 0.717. The summed E-state index contributed by atoms with van der Waals surface area (Å²) in [5.41, 5.74) is 14.5. The Kier molecular flexibility index (Phi) is 3.37. The predicted molar refractivity (Wildman–Crippen MR) is 76.9 cm³/mol. The van der Waals surface area contributed by atoms with E-state index in [0.29, 0.717) is 22.8 Å². The van der Waals surface area contributed by atoms with Crippen molar-refractivity contribution in [1.82, 2.24) is 4.98 Å². The maximum atomic E-state index is 12.0. The molecule has 0 atom stereocenters. The molecular formula is C14H16N4O. The van der Waals surface area contributed by atoms with E-state index < -0.39 is 0 Å². The zero-order valence-corrected chi connectivity index (χ0v) is 10.9. The largest absolute Gasteiger partial charge is 0.397 e. The molecule has 0 aliphatic heterocycles. The standard InChI is InChI=1S/C14H16N4O/c1-8-3-6-13(17-9(8)2)18-14(19)10-4-5-11(15)12(16)7-10/h3-7H,15-16H2,1-2H3,(H,17,18,19). The molecule has 0 radical (unpaired) electrons. The molecule has 5 N–H and O–H groups in total. The molecule has 98 valence electrons. The smallest absolute Gasteiger partial charge is 0.256 e. The maximum Gasteiger partial charge on any atom is 0.256 e. The summed E-state index contributed by atoms with van der Waals surface area (Å²) in [6, 6.07) is 8.46. The molecule has 5 nitrogen and oxygen atoms in total. The number of aromatic nitrogens is 1. The molecule has 2 aromatic rings. The average Bonchev–Trinajstić information content (AvgIpc) is 2.37. The normalized spacial score (nSPS) is 10.2. The topological polar surface area (TPSA) is 94.0 Å². The summed E-state index contributed by atoms with van der Waals surface area (Å²) in [4.78, 5) is 16.3. The molecule has 0 aliphatic carbocycles. The number of benzene rings is 1. The van der Waals surface area contributed by atoms with Crippen molar-refractivity contribution < 1.29 is 4.79 Å². The van der Waals surface area contributed by atoms with E-state index in [0.717, 1.165) is 11.3 Å². The van der Waals surface area contributed by atoms with Crippen LogP contribution in [0.4, 0.5) is 17.2 Å². The number of hydrogen-bond donors (Lipinski definition) is 3. The van der Waals surface area contributed by atoms with Crippen LogP contribution >= 0.6 is 0 Å². The monoisotopic (exact) mass is 256 g/mol. The second-order valence-corrected chi connectivity index (χ2v) is 4.40. The van der Waals surface area contributed by atoms with Crippen LogP contribution in [0, 0.1) is 13.8 Å². The number of hydrogen-bond acceptors (Lipinski definition) is 4. The highest BCUT2D eigenvalue weighted by molar-refractivity contribution is 6.04. The van der Waals surface area contributed by atoms with Gasteiger partial charge in [-0.05, 0) is 43.7 Å². The van der Waals surface area contributed by atoms with Gasteiger partial charge in [0, 0.05) is 11.3 Å². The Morgan fingerprint density at radius 1 is 1.11 bits per heavy atom. The lowest BCUT2D eigenvalue weighted by atomic mass is 10.1. The highest BCUT2D eigenvalue weighted by Crippen LogP contribution is 2.17. The SMILES string of the molecule is Cc1ccc(NC(=O)c2ccc(N)c(N)c2)nc1C. The van der Waals surface area contributed by atoms with Gasteiger partial charge in [-0.15, -0.1) is 0 Å². The molecule has 0 saturated heterocycles. The Morgan fingerprint density at radius 2 is 1.84 bits per heavy atom. The number of nitrogens with two attached hydrogens (primary N) is 2. The summed E-state index contributed by atoms with van der Waals surface area (Å²) in [6.45, 7) is 3.86. The van der Waals surface area contributed by atoms with Crippen LogP contribution in [0.5, 0.6) is 0 Å². The van der Waals surface area contributed by atoms with Crippen molar-refractivity contribution in [2.75, 3.05) is 16.8 Å². The Hall–Kier alpha value is -2.56. The molecule has 1 amide bonds. The van der Waals surface area contributed by atoms with Crippen molar-refractivity contribution in [2.45, 2.75) is 13.8 Å². The van der Waals surface area contributed by atoms with Gasteiger partial charge in [0.15, 0.2) is 0 Å². The van der Waals surface area contributed by atoms with Crippen molar-refractivity contribution >= 4 is 23.1 Å². The number of nitrogens with one attached hydrogen (secondary N) is 1. The zero-order valence-electron chi connectivity index (χ0n) is 10.9. The zero-order chi connectivity index (χ0) is 14.0. The molecule has 0 fully saturated rings.